The highest BCUT2D eigenvalue weighted by Crippen LogP contribution is 2.29. The highest BCUT2D eigenvalue weighted by Gasteiger charge is 2.17. The number of aryl methyl sites for hydroxylation is 1. The summed E-state index contributed by atoms with van der Waals surface area (Å²) in [5.74, 6) is 1.42. The Morgan fingerprint density at radius 1 is 1.12 bits per heavy atom. The maximum Gasteiger partial charge on any atom is 0.315 e. The van der Waals surface area contributed by atoms with Gasteiger partial charge in [0.2, 0.25) is 0 Å². The zero-order valence-electron chi connectivity index (χ0n) is 18.6. The Bertz CT molecular complexity index is 1230. The number of benzene rings is 2. The van der Waals surface area contributed by atoms with Gasteiger partial charge >= 0.3 is 6.03 Å². The van der Waals surface area contributed by atoms with Gasteiger partial charge in [0.25, 0.3) is 0 Å². The number of nitrogens with zero attached hydrogens (tertiary/aromatic N) is 3. The van der Waals surface area contributed by atoms with E-state index < -0.39 is 0 Å². The molecular weight excluding hydrogens is 400 g/mol. The second-order valence-electron chi connectivity index (χ2n) is 8.03. The zero-order valence-corrected chi connectivity index (χ0v) is 18.6. The summed E-state index contributed by atoms with van der Waals surface area (Å²) in [5, 5.41) is 7.01. The minimum Gasteiger partial charge on any atom is -0.382 e. The molecular formula is C25H34N6O. The SMILES string of the molecule is CCCCc1nc2c(N)nc3ccccc3c2n1CCNC(=O)N[C@H](C)c1ccccc1.[HH].[HH]. The molecule has 0 aliphatic rings. The molecule has 0 spiro atoms. The summed E-state index contributed by atoms with van der Waals surface area (Å²) in [5.41, 5.74) is 9.89. The van der Waals surface area contributed by atoms with Crippen LogP contribution in [0.2, 0.25) is 0 Å². The Balaban J connectivity index is 0.00000204. The first kappa shape index (κ1) is 21.6. The molecule has 2 heterocycles. The van der Waals surface area contributed by atoms with E-state index in [1.165, 1.54) is 0 Å². The summed E-state index contributed by atoms with van der Waals surface area (Å²) in [4.78, 5) is 21.8. The minimum atomic E-state index is -0.188. The zero-order chi connectivity index (χ0) is 22.5. The first-order chi connectivity index (χ1) is 15.6. The number of pyridine rings is 1. The molecule has 7 nitrogen and oxygen atoms in total. The van der Waals surface area contributed by atoms with Crippen LogP contribution in [-0.4, -0.2) is 27.1 Å². The third-order valence-electron chi connectivity index (χ3n) is 5.71. The predicted molar refractivity (Wildman–Crippen MR) is 134 cm³/mol. The van der Waals surface area contributed by atoms with E-state index in [9.17, 15) is 4.79 Å². The van der Waals surface area contributed by atoms with Crippen LogP contribution < -0.4 is 16.4 Å². The van der Waals surface area contributed by atoms with E-state index in [0.717, 1.165) is 52.6 Å². The molecule has 170 valence electrons. The first-order valence-electron chi connectivity index (χ1n) is 11.2. The lowest BCUT2D eigenvalue weighted by molar-refractivity contribution is 0.237. The van der Waals surface area contributed by atoms with Gasteiger partial charge in [-0.25, -0.2) is 14.8 Å². The number of hydrogen-bond donors (Lipinski definition) is 3. The quantitative estimate of drug-likeness (QED) is 0.361. The van der Waals surface area contributed by atoms with Crippen LogP contribution in [0.3, 0.4) is 0 Å². The van der Waals surface area contributed by atoms with Crippen LogP contribution in [0.25, 0.3) is 21.9 Å². The normalized spacial score (nSPS) is 12.2. The van der Waals surface area contributed by atoms with Gasteiger partial charge in [-0.05, 0) is 25.0 Å². The van der Waals surface area contributed by atoms with Gasteiger partial charge in [0.05, 0.1) is 17.1 Å². The molecule has 2 amide bonds. The van der Waals surface area contributed by atoms with Gasteiger partial charge in [-0.2, -0.15) is 0 Å². The fourth-order valence-electron chi connectivity index (χ4n) is 4.03. The largest absolute Gasteiger partial charge is 0.382 e. The van der Waals surface area contributed by atoms with Crippen molar-refractivity contribution < 1.29 is 7.65 Å². The Labute approximate surface area is 191 Å². The topological polar surface area (TPSA) is 97.9 Å². The van der Waals surface area contributed by atoms with E-state index in [2.05, 4.69) is 27.1 Å². The monoisotopic (exact) mass is 434 g/mol. The van der Waals surface area contributed by atoms with Gasteiger partial charge in [0.1, 0.15) is 11.3 Å². The smallest absolute Gasteiger partial charge is 0.315 e. The van der Waals surface area contributed by atoms with E-state index in [-0.39, 0.29) is 14.9 Å². The number of unbranched alkanes of at least 4 members (excludes halogenated alkanes) is 1. The molecule has 32 heavy (non-hydrogen) atoms. The lowest BCUT2D eigenvalue weighted by Crippen LogP contribution is -2.38. The van der Waals surface area contributed by atoms with Crippen molar-refractivity contribution in [3.8, 4) is 0 Å². The number of para-hydroxylation sites is 1. The average molecular weight is 435 g/mol. The van der Waals surface area contributed by atoms with Gasteiger partial charge in [-0.1, -0.05) is 61.9 Å². The molecule has 0 bridgehead atoms. The predicted octanol–water partition coefficient (Wildman–Crippen LogP) is 5.06. The Kier molecular flexibility index (Phi) is 6.54. The van der Waals surface area contributed by atoms with Crippen molar-refractivity contribution in [2.75, 3.05) is 12.3 Å². The summed E-state index contributed by atoms with van der Waals surface area (Å²) in [7, 11) is 0. The average Bonchev–Trinajstić information content (AvgIpc) is 3.17. The van der Waals surface area contributed by atoms with E-state index in [1.807, 2.05) is 61.5 Å². The highest BCUT2D eigenvalue weighted by molar-refractivity contribution is 6.06. The molecule has 0 unspecified atom stereocenters. The van der Waals surface area contributed by atoms with E-state index in [4.69, 9.17) is 10.7 Å². The van der Waals surface area contributed by atoms with Crippen molar-refractivity contribution in [2.24, 2.45) is 0 Å². The van der Waals surface area contributed by atoms with Crippen molar-refractivity contribution in [3.63, 3.8) is 0 Å². The van der Waals surface area contributed by atoms with Crippen LogP contribution in [0.1, 0.15) is 47.0 Å². The molecule has 0 fully saturated rings. The number of carbonyl (C=O) groups is 1. The van der Waals surface area contributed by atoms with Crippen LogP contribution in [0.4, 0.5) is 10.6 Å². The van der Waals surface area contributed by atoms with E-state index in [1.54, 1.807) is 0 Å². The molecule has 2 aromatic heterocycles. The number of imidazole rings is 1. The number of nitrogens with one attached hydrogen (secondary N) is 2. The summed E-state index contributed by atoms with van der Waals surface area (Å²) in [6.45, 7) is 5.23. The van der Waals surface area contributed by atoms with Gasteiger partial charge < -0.3 is 20.9 Å². The maximum absolute atomic E-state index is 12.5. The van der Waals surface area contributed by atoms with E-state index in [0.29, 0.717) is 18.9 Å². The van der Waals surface area contributed by atoms with Crippen LogP contribution >= 0.6 is 0 Å². The molecule has 4 aromatic rings. The summed E-state index contributed by atoms with van der Waals surface area (Å²) in [6.07, 6.45) is 2.98. The number of anilines is 1. The molecule has 0 saturated heterocycles. The number of nitrogens with two attached hydrogens (primary N) is 1. The van der Waals surface area contributed by atoms with Gasteiger partial charge in [-0.3, -0.25) is 0 Å². The number of fused-ring (bicyclic) bond motifs is 3. The molecule has 2 aromatic carbocycles. The lowest BCUT2D eigenvalue weighted by atomic mass is 10.1. The van der Waals surface area contributed by atoms with Crippen molar-refractivity contribution >= 4 is 33.8 Å². The molecule has 1 atom stereocenters. The van der Waals surface area contributed by atoms with Crippen molar-refractivity contribution in [1.29, 1.82) is 0 Å². The summed E-state index contributed by atoms with van der Waals surface area (Å²) >= 11 is 0. The number of aromatic nitrogens is 3. The molecule has 0 radical (unpaired) electrons. The fourth-order valence-corrected chi connectivity index (χ4v) is 4.03. The number of carbonyl (C=O) groups excluding carboxylic acids is 1. The molecule has 7 heteroatoms. The Hall–Kier alpha value is -3.61. The van der Waals surface area contributed by atoms with Crippen LogP contribution in [0.5, 0.6) is 0 Å². The number of amides is 2. The van der Waals surface area contributed by atoms with Gasteiger partial charge in [-0.15, -0.1) is 0 Å². The molecule has 0 saturated carbocycles. The summed E-state index contributed by atoms with van der Waals surface area (Å²) in [6, 6.07) is 17.6. The first-order valence-corrected chi connectivity index (χ1v) is 11.2. The van der Waals surface area contributed by atoms with E-state index >= 15 is 0 Å². The molecule has 0 aliphatic carbocycles. The number of urea groups is 1. The number of rotatable bonds is 8. The van der Waals surface area contributed by atoms with Crippen molar-refractivity contribution in [3.05, 3.63) is 66.0 Å². The summed E-state index contributed by atoms with van der Waals surface area (Å²) < 4.78 is 2.19. The van der Waals surface area contributed by atoms with Crippen LogP contribution in [-0.2, 0) is 13.0 Å². The van der Waals surface area contributed by atoms with Gasteiger partial charge in [0, 0.05) is 27.7 Å². The lowest BCUT2D eigenvalue weighted by Gasteiger charge is -2.16. The molecule has 0 aliphatic heterocycles. The third-order valence-corrected chi connectivity index (χ3v) is 5.71. The van der Waals surface area contributed by atoms with Crippen LogP contribution in [0.15, 0.2) is 54.6 Å². The highest BCUT2D eigenvalue weighted by atomic mass is 16.2. The standard InChI is InChI=1S/C25H30N6O.2H2/c1-3-4-14-21-30-22-23(19-12-8-9-13-20(19)29-24(22)26)31(21)16-15-27-25(32)28-17(2)18-10-6-5-7-11-18;;/h5-13,17H,3-4,14-16H2,1-2H3,(H2,26,29)(H2,27,28,32);2*1H/t17-;;/m1../s1. The second-order valence-corrected chi connectivity index (χ2v) is 8.03. The number of nitrogen functional groups attached to an aromatic ring is 1. The minimum absolute atomic E-state index is 0. The number of hydrogen-bond acceptors (Lipinski definition) is 4. The van der Waals surface area contributed by atoms with Crippen LogP contribution in [0, 0.1) is 0 Å². The Morgan fingerprint density at radius 2 is 1.88 bits per heavy atom. The molecule has 4 rings (SSSR count). The maximum atomic E-state index is 12.5. The van der Waals surface area contributed by atoms with Gasteiger partial charge in [0.15, 0.2) is 5.82 Å². The molecule has 4 N–H and O–H groups in total. The fraction of sp³-hybridized carbons (Fsp3) is 0.320. The van der Waals surface area contributed by atoms with Crippen molar-refractivity contribution in [1.82, 2.24) is 25.2 Å². The third kappa shape index (κ3) is 4.51. The Morgan fingerprint density at radius 3 is 2.66 bits per heavy atom. The van der Waals surface area contributed by atoms with Crippen molar-refractivity contribution in [2.45, 2.75) is 45.7 Å². The second kappa shape index (κ2) is 9.68.